The van der Waals surface area contributed by atoms with E-state index in [1.807, 2.05) is 24.4 Å². The van der Waals surface area contributed by atoms with Crippen molar-refractivity contribution in [1.82, 2.24) is 15.3 Å². The zero-order valence-corrected chi connectivity index (χ0v) is 11.3. The number of hydrogen-bond donors (Lipinski definition) is 3. The molecule has 21 heavy (non-hydrogen) atoms. The molecule has 5 heteroatoms. The molecule has 3 rings (SSSR count). The largest absolute Gasteiger partial charge is 0.505 e. The molecular formula is C16H15N3O2. The molecule has 0 fully saturated rings. The SMILES string of the molecule is O=C(NCCc1c[nH]c2ccccc12)c1ccncc1O. The summed E-state index contributed by atoms with van der Waals surface area (Å²) in [6.45, 7) is 0.502. The number of aromatic hydroxyl groups is 1. The van der Waals surface area contributed by atoms with Crippen LogP contribution in [0.2, 0.25) is 0 Å². The first kappa shape index (κ1) is 13.2. The molecule has 0 unspecified atom stereocenters. The lowest BCUT2D eigenvalue weighted by Crippen LogP contribution is -2.25. The van der Waals surface area contributed by atoms with Gasteiger partial charge in [-0.15, -0.1) is 0 Å². The summed E-state index contributed by atoms with van der Waals surface area (Å²) in [6.07, 6.45) is 5.42. The number of amides is 1. The second-order valence-electron chi connectivity index (χ2n) is 4.76. The number of carbonyl (C=O) groups excluding carboxylic acids is 1. The molecule has 2 heterocycles. The van der Waals surface area contributed by atoms with Crippen molar-refractivity contribution in [3.05, 3.63) is 60.0 Å². The zero-order chi connectivity index (χ0) is 14.7. The fourth-order valence-electron chi connectivity index (χ4n) is 2.32. The maximum absolute atomic E-state index is 12.0. The van der Waals surface area contributed by atoms with Crippen LogP contribution in [0.15, 0.2) is 48.9 Å². The predicted molar refractivity (Wildman–Crippen MR) is 80.2 cm³/mol. The first-order valence-corrected chi connectivity index (χ1v) is 6.72. The highest BCUT2D eigenvalue weighted by Crippen LogP contribution is 2.18. The van der Waals surface area contributed by atoms with Crippen LogP contribution < -0.4 is 5.32 Å². The molecule has 3 aromatic rings. The molecule has 0 aliphatic carbocycles. The fourth-order valence-corrected chi connectivity index (χ4v) is 2.32. The predicted octanol–water partition coefficient (Wildman–Crippen LogP) is 2.24. The third-order valence-corrected chi connectivity index (χ3v) is 3.40. The minimum absolute atomic E-state index is 0.109. The number of H-pyrrole nitrogens is 1. The van der Waals surface area contributed by atoms with E-state index >= 15 is 0 Å². The number of rotatable bonds is 4. The van der Waals surface area contributed by atoms with Gasteiger partial charge in [0.15, 0.2) is 0 Å². The number of aromatic nitrogens is 2. The van der Waals surface area contributed by atoms with E-state index in [2.05, 4.69) is 21.4 Å². The molecule has 3 N–H and O–H groups in total. The average molecular weight is 281 g/mol. The van der Waals surface area contributed by atoms with Crippen LogP contribution >= 0.6 is 0 Å². The molecule has 2 aromatic heterocycles. The Morgan fingerprint density at radius 1 is 1.29 bits per heavy atom. The van der Waals surface area contributed by atoms with Gasteiger partial charge in [-0.25, -0.2) is 0 Å². The van der Waals surface area contributed by atoms with Crippen molar-refractivity contribution >= 4 is 16.8 Å². The Kier molecular flexibility index (Phi) is 3.55. The third-order valence-electron chi connectivity index (χ3n) is 3.40. The Bertz CT molecular complexity index is 780. The lowest BCUT2D eigenvalue weighted by molar-refractivity contribution is 0.0951. The summed E-state index contributed by atoms with van der Waals surface area (Å²) in [4.78, 5) is 18.9. The van der Waals surface area contributed by atoms with Crippen LogP contribution in [0, 0.1) is 0 Å². The van der Waals surface area contributed by atoms with Crippen LogP contribution in [-0.2, 0) is 6.42 Å². The number of fused-ring (bicyclic) bond motifs is 1. The second kappa shape index (κ2) is 5.66. The number of carbonyl (C=O) groups is 1. The maximum atomic E-state index is 12.0. The third kappa shape index (κ3) is 2.72. The first-order valence-electron chi connectivity index (χ1n) is 6.72. The van der Waals surface area contributed by atoms with Crippen LogP contribution in [0.5, 0.6) is 5.75 Å². The quantitative estimate of drug-likeness (QED) is 0.686. The van der Waals surface area contributed by atoms with Gasteiger partial charge in [-0.05, 0) is 24.1 Å². The minimum atomic E-state index is -0.297. The summed E-state index contributed by atoms with van der Waals surface area (Å²) in [5.74, 6) is -0.406. The molecule has 0 spiro atoms. The van der Waals surface area contributed by atoms with E-state index in [1.165, 1.54) is 23.8 Å². The minimum Gasteiger partial charge on any atom is -0.505 e. The Hall–Kier alpha value is -2.82. The highest BCUT2D eigenvalue weighted by atomic mass is 16.3. The van der Waals surface area contributed by atoms with Crippen molar-refractivity contribution in [2.75, 3.05) is 6.54 Å². The first-order chi connectivity index (χ1) is 10.3. The van der Waals surface area contributed by atoms with E-state index in [4.69, 9.17) is 0 Å². The Morgan fingerprint density at radius 3 is 3.00 bits per heavy atom. The maximum Gasteiger partial charge on any atom is 0.255 e. The van der Waals surface area contributed by atoms with Gasteiger partial charge in [0.25, 0.3) is 5.91 Å². The van der Waals surface area contributed by atoms with Gasteiger partial charge in [-0.3, -0.25) is 9.78 Å². The van der Waals surface area contributed by atoms with Crippen LogP contribution in [0.4, 0.5) is 0 Å². The fraction of sp³-hybridized carbons (Fsp3) is 0.125. The van der Waals surface area contributed by atoms with Gasteiger partial charge in [-0.2, -0.15) is 0 Å². The summed E-state index contributed by atoms with van der Waals surface area (Å²) in [5, 5.41) is 13.5. The van der Waals surface area contributed by atoms with Crippen LogP contribution in [-0.4, -0.2) is 27.5 Å². The van der Waals surface area contributed by atoms with E-state index in [1.54, 1.807) is 0 Å². The summed E-state index contributed by atoms with van der Waals surface area (Å²) in [7, 11) is 0. The molecule has 0 aliphatic heterocycles. The van der Waals surface area contributed by atoms with E-state index in [9.17, 15) is 9.90 Å². The molecule has 0 saturated heterocycles. The van der Waals surface area contributed by atoms with Crippen LogP contribution in [0.25, 0.3) is 10.9 Å². The Morgan fingerprint density at radius 2 is 2.14 bits per heavy atom. The Labute approximate surface area is 121 Å². The van der Waals surface area contributed by atoms with Crippen molar-refractivity contribution in [3.63, 3.8) is 0 Å². The molecule has 1 amide bonds. The number of para-hydroxylation sites is 1. The van der Waals surface area contributed by atoms with Gasteiger partial charge in [0.1, 0.15) is 5.75 Å². The molecular weight excluding hydrogens is 266 g/mol. The van der Waals surface area contributed by atoms with Gasteiger partial charge < -0.3 is 15.4 Å². The van der Waals surface area contributed by atoms with Crippen molar-refractivity contribution in [3.8, 4) is 5.75 Å². The number of nitrogens with one attached hydrogen (secondary N) is 2. The topological polar surface area (TPSA) is 78.0 Å². The number of aromatic amines is 1. The van der Waals surface area contributed by atoms with Crippen molar-refractivity contribution < 1.29 is 9.90 Å². The van der Waals surface area contributed by atoms with Gasteiger partial charge >= 0.3 is 0 Å². The molecule has 5 nitrogen and oxygen atoms in total. The smallest absolute Gasteiger partial charge is 0.255 e. The monoisotopic (exact) mass is 281 g/mol. The summed E-state index contributed by atoms with van der Waals surface area (Å²) < 4.78 is 0. The molecule has 0 saturated carbocycles. The second-order valence-corrected chi connectivity index (χ2v) is 4.76. The summed E-state index contributed by atoms with van der Waals surface area (Å²) in [6, 6.07) is 9.55. The van der Waals surface area contributed by atoms with Crippen molar-refractivity contribution in [1.29, 1.82) is 0 Å². The van der Waals surface area contributed by atoms with E-state index < -0.39 is 0 Å². The van der Waals surface area contributed by atoms with Gasteiger partial charge in [0, 0.05) is 29.8 Å². The summed E-state index contributed by atoms with van der Waals surface area (Å²) in [5.41, 5.74) is 2.49. The lowest BCUT2D eigenvalue weighted by atomic mass is 10.1. The standard InChI is InChI=1S/C16H15N3O2/c20-15-10-17-7-6-13(15)16(21)18-8-5-11-9-19-14-4-2-1-3-12(11)14/h1-4,6-7,9-10,19-20H,5,8H2,(H,18,21). The summed E-state index contributed by atoms with van der Waals surface area (Å²) >= 11 is 0. The zero-order valence-electron chi connectivity index (χ0n) is 11.3. The molecule has 0 atom stereocenters. The lowest BCUT2D eigenvalue weighted by Gasteiger charge is -2.06. The molecule has 0 aliphatic rings. The average Bonchev–Trinajstić information content (AvgIpc) is 2.91. The molecule has 1 aromatic carbocycles. The van der Waals surface area contributed by atoms with Crippen LogP contribution in [0.1, 0.15) is 15.9 Å². The number of hydrogen-bond acceptors (Lipinski definition) is 3. The highest BCUT2D eigenvalue weighted by molar-refractivity contribution is 5.96. The van der Waals surface area contributed by atoms with Crippen molar-refractivity contribution in [2.45, 2.75) is 6.42 Å². The molecule has 0 bridgehead atoms. The number of pyridine rings is 1. The van der Waals surface area contributed by atoms with Gasteiger partial charge in [0.05, 0.1) is 11.8 Å². The van der Waals surface area contributed by atoms with Gasteiger partial charge in [0.2, 0.25) is 0 Å². The van der Waals surface area contributed by atoms with Crippen LogP contribution in [0.3, 0.4) is 0 Å². The molecule has 106 valence electrons. The van der Waals surface area contributed by atoms with E-state index in [-0.39, 0.29) is 17.2 Å². The number of benzene rings is 1. The van der Waals surface area contributed by atoms with E-state index in [0.29, 0.717) is 6.54 Å². The van der Waals surface area contributed by atoms with Crippen molar-refractivity contribution in [2.24, 2.45) is 0 Å². The number of nitrogens with zero attached hydrogens (tertiary/aromatic N) is 1. The Balaban J connectivity index is 1.64. The molecule has 0 radical (unpaired) electrons. The highest BCUT2D eigenvalue weighted by Gasteiger charge is 2.10. The van der Waals surface area contributed by atoms with Gasteiger partial charge in [-0.1, -0.05) is 18.2 Å². The normalized spacial score (nSPS) is 10.7. The van der Waals surface area contributed by atoms with E-state index in [0.717, 1.165) is 17.5 Å².